The lowest BCUT2D eigenvalue weighted by atomic mass is 9.86. The molecule has 7 heteroatoms. The smallest absolute Gasteiger partial charge is 0.297 e. The number of aryl methyl sites for hydroxylation is 2. The first kappa shape index (κ1) is 21.5. The first-order valence-electron chi connectivity index (χ1n) is 11.0. The summed E-state index contributed by atoms with van der Waals surface area (Å²) in [6.45, 7) is 10.4. The van der Waals surface area contributed by atoms with E-state index in [0.717, 1.165) is 22.6 Å². The van der Waals surface area contributed by atoms with Gasteiger partial charge in [0.2, 0.25) is 10.9 Å². The number of anilines is 1. The van der Waals surface area contributed by atoms with E-state index in [2.05, 4.69) is 43.1 Å². The van der Waals surface area contributed by atoms with Gasteiger partial charge in [0, 0.05) is 0 Å². The van der Waals surface area contributed by atoms with Gasteiger partial charge in [-0.05, 0) is 42.0 Å². The monoisotopic (exact) mass is 459 g/mol. The van der Waals surface area contributed by atoms with Crippen LogP contribution in [0.5, 0.6) is 0 Å². The third-order valence-corrected chi connectivity index (χ3v) is 7.15. The number of benzene rings is 2. The third kappa shape index (κ3) is 3.47. The SMILES string of the molecule is CCc1nnc(N2C(=O)c3oc4ccc(C)cc4c(=O)c3[C@@H]2c2ccc(C(C)(C)C)cc2)s1. The molecule has 0 radical (unpaired) electrons. The molecule has 0 saturated carbocycles. The molecule has 1 aliphatic rings. The highest BCUT2D eigenvalue weighted by Gasteiger charge is 2.45. The maximum Gasteiger partial charge on any atom is 0.297 e. The summed E-state index contributed by atoms with van der Waals surface area (Å²) in [6, 6.07) is 12.9. The molecule has 0 N–H and O–H groups in total. The highest BCUT2D eigenvalue weighted by Crippen LogP contribution is 2.42. The summed E-state index contributed by atoms with van der Waals surface area (Å²) < 4.78 is 6.03. The lowest BCUT2D eigenvalue weighted by molar-refractivity contribution is 0.0970. The second-order valence-electron chi connectivity index (χ2n) is 9.46. The fraction of sp³-hybridized carbons (Fsp3) is 0.308. The zero-order valence-electron chi connectivity index (χ0n) is 19.3. The minimum atomic E-state index is -0.625. The largest absolute Gasteiger partial charge is 0.450 e. The minimum Gasteiger partial charge on any atom is -0.450 e. The molecular weight excluding hydrogens is 434 g/mol. The van der Waals surface area contributed by atoms with E-state index in [4.69, 9.17) is 4.42 Å². The van der Waals surface area contributed by atoms with E-state index in [1.165, 1.54) is 16.9 Å². The molecule has 1 amide bonds. The van der Waals surface area contributed by atoms with E-state index in [-0.39, 0.29) is 22.5 Å². The van der Waals surface area contributed by atoms with Crippen molar-refractivity contribution in [3.05, 3.63) is 85.7 Å². The van der Waals surface area contributed by atoms with Gasteiger partial charge in [0.25, 0.3) is 5.91 Å². The minimum absolute atomic E-state index is 0.0103. The number of nitrogens with zero attached hydrogens (tertiary/aromatic N) is 3. The summed E-state index contributed by atoms with van der Waals surface area (Å²) in [5, 5.41) is 10.3. The quantitative estimate of drug-likeness (QED) is 0.401. The van der Waals surface area contributed by atoms with Gasteiger partial charge in [0.05, 0.1) is 17.0 Å². The molecule has 33 heavy (non-hydrogen) atoms. The molecule has 5 rings (SSSR count). The van der Waals surface area contributed by atoms with Crippen molar-refractivity contribution in [2.24, 2.45) is 0 Å². The predicted octanol–water partition coefficient (Wildman–Crippen LogP) is 5.56. The molecule has 0 fully saturated rings. The maximum atomic E-state index is 13.7. The van der Waals surface area contributed by atoms with Crippen molar-refractivity contribution in [3.8, 4) is 0 Å². The fourth-order valence-electron chi connectivity index (χ4n) is 4.25. The van der Waals surface area contributed by atoms with E-state index in [0.29, 0.717) is 21.7 Å². The number of rotatable bonds is 3. The summed E-state index contributed by atoms with van der Waals surface area (Å²) in [6.07, 6.45) is 0.720. The van der Waals surface area contributed by atoms with Gasteiger partial charge < -0.3 is 4.42 Å². The van der Waals surface area contributed by atoms with Gasteiger partial charge >= 0.3 is 0 Å². The summed E-state index contributed by atoms with van der Waals surface area (Å²) in [5.74, 6) is -0.289. The number of aromatic nitrogens is 2. The Morgan fingerprint density at radius 3 is 2.42 bits per heavy atom. The number of hydrogen-bond donors (Lipinski definition) is 0. The van der Waals surface area contributed by atoms with E-state index in [9.17, 15) is 9.59 Å². The summed E-state index contributed by atoms with van der Waals surface area (Å²) >= 11 is 1.36. The molecule has 2 aromatic heterocycles. The van der Waals surface area contributed by atoms with Crippen molar-refractivity contribution < 1.29 is 9.21 Å². The summed E-state index contributed by atoms with van der Waals surface area (Å²) in [5.41, 5.74) is 3.54. The van der Waals surface area contributed by atoms with Gasteiger partial charge in [0.15, 0.2) is 5.43 Å². The number of carbonyl (C=O) groups is 1. The molecule has 168 valence electrons. The van der Waals surface area contributed by atoms with Crippen LogP contribution in [0.4, 0.5) is 5.13 Å². The number of fused-ring (bicyclic) bond motifs is 2. The van der Waals surface area contributed by atoms with Crippen molar-refractivity contribution in [2.75, 3.05) is 4.90 Å². The molecular formula is C26H25N3O3S. The molecule has 4 aromatic rings. The van der Waals surface area contributed by atoms with E-state index in [1.54, 1.807) is 11.0 Å². The molecule has 1 aliphatic heterocycles. The van der Waals surface area contributed by atoms with Crippen LogP contribution in [-0.4, -0.2) is 16.1 Å². The van der Waals surface area contributed by atoms with Crippen LogP contribution in [0.2, 0.25) is 0 Å². The first-order chi connectivity index (χ1) is 15.7. The van der Waals surface area contributed by atoms with E-state index >= 15 is 0 Å². The average Bonchev–Trinajstić information content (AvgIpc) is 3.36. The zero-order chi connectivity index (χ0) is 23.5. The molecule has 0 saturated heterocycles. The van der Waals surface area contributed by atoms with Gasteiger partial charge in [-0.25, -0.2) is 0 Å². The Bertz CT molecular complexity index is 1440. The Morgan fingerprint density at radius 1 is 1.06 bits per heavy atom. The number of carbonyl (C=O) groups excluding carboxylic acids is 1. The maximum absolute atomic E-state index is 13.7. The predicted molar refractivity (Wildman–Crippen MR) is 130 cm³/mol. The Balaban J connectivity index is 1.76. The van der Waals surface area contributed by atoms with Crippen LogP contribution < -0.4 is 10.3 Å². The second kappa shape index (κ2) is 7.63. The average molecular weight is 460 g/mol. The Labute approximate surface area is 195 Å². The molecule has 2 aromatic carbocycles. The van der Waals surface area contributed by atoms with Crippen LogP contribution >= 0.6 is 11.3 Å². The molecule has 0 unspecified atom stereocenters. The van der Waals surface area contributed by atoms with Crippen molar-refractivity contribution in [1.29, 1.82) is 0 Å². The number of amides is 1. The highest BCUT2D eigenvalue weighted by atomic mass is 32.1. The molecule has 0 bridgehead atoms. The van der Waals surface area contributed by atoms with Crippen molar-refractivity contribution in [2.45, 2.75) is 52.5 Å². The van der Waals surface area contributed by atoms with Crippen LogP contribution in [0.3, 0.4) is 0 Å². The molecule has 0 spiro atoms. The van der Waals surface area contributed by atoms with Crippen molar-refractivity contribution >= 4 is 33.3 Å². The van der Waals surface area contributed by atoms with Gasteiger partial charge in [-0.3, -0.25) is 14.5 Å². The topological polar surface area (TPSA) is 76.3 Å². The Hall–Kier alpha value is -3.32. The van der Waals surface area contributed by atoms with E-state index in [1.807, 2.05) is 38.1 Å². The lowest BCUT2D eigenvalue weighted by Crippen LogP contribution is -2.29. The Kier molecular flexibility index (Phi) is 4.97. The molecule has 6 nitrogen and oxygen atoms in total. The van der Waals surface area contributed by atoms with Crippen molar-refractivity contribution in [3.63, 3.8) is 0 Å². The second-order valence-corrected chi connectivity index (χ2v) is 10.5. The van der Waals surface area contributed by atoms with Crippen LogP contribution in [-0.2, 0) is 11.8 Å². The van der Waals surface area contributed by atoms with Gasteiger partial charge in [0.1, 0.15) is 10.6 Å². The van der Waals surface area contributed by atoms with Crippen LogP contribution in [0.25, 0.3) is 11.0 Å². The van der Waals surface area contributed by atoms with Gasteiger partial charge in [-0.15, -0.1) is 10.2 Å². The third-order valence-electron chi connectivity index (χ3n) is 6.08. The lowest BCUT2D eigenvalue weighted by Gasteiger charge is -2.24. The summed E-state index contributed by atoms with van der Waals surface area (Å²) in [7, 11) is 0. The molecule has 1 atom stereocenters. The standard InChI is InChI=1S/C26H25N3O3S/c1-6-19-27-28-25(33-19)29-21(15-8-10-16(11-9-15)26(3,4)5)20-22(30)17-13-14(2)7-12-18(17)32-23(20)24(29)31/h7-13,21H,6H2,1-5H3/t21-/m0/s1. The van der Waals surface area contributed by atoms with Gasteiger partial charge in [-0.2, -0.15) is 0 Å². The van der Waals surface area contributed by atoms with Crippen LogP contribution in [0, 0.1) is 6.92 Å². The highest BCUT2D eigenvalue weighted by molar-refractivity contribution is 7.15. The van der Waals surface area contributed by atoms with Crippen LogP contribution in [0.1, 0.15) is 71.6 Å². The van der Waals surface area contributed by atoms with E-state index < -0.39 is 6.04 Å². The Morgan fingerprint density at radius 2 is 1.79 bits per heavy atom. The summed E-state index contributed by atoms with van der Waals surface area (Å²) in [4.78, 5) is 28.9. The first-order valence-corrected chi connectivity index (χ1v) is 11.8. The number of hydrogen-bond acceptors (Lipinski definition) is 6. The van der Waals surface area contributed by atoms with Gasteiger partial charge in [-0.1, -0.05) is 74.9 Å². The van der Waals surface area contributed by atoms with Crippen molar-refractivity contribution in [1.82, 2.24) is 10.2 Å². The molecule has 0 aliphatic carbocycles. The molecule has 3 heterocycles. The normalized spacial score (nSPS) is 16.0. The fourth-order valence-corrected chi connectivity index (χ4v) is 5.05. The zero-order valence-corrected chi connectivity index (χ0v) is 20.1. The van der Waals surface area contributed by atoms with Crippen LogP contribution in [0.15, 0.2) is 51.7 Å².